The van der Waals surface area contributed by atoms with Crippen molar-refractivity contribution in [2.45, 2.75) is 39.2 Å². The molecule has 21 heavy (non-hydrogen) atoms. The molecule has 0 unspecified atom stereocenters. The number of nitrogens with one attached hydrogen (secondary N) is 1. The van der Waals surface area contributed by atoms with E-state index in [0.717, 1.165) is 14.4 Å². The number of hydrogen-bond acceptors (Lipinski definition) is 3. The van der Waals surface area contributed by atoms with Gasteiger partial charge in [-0.3, -0.25) is 4.79 Å². The molecule has 0 bridgehead atoms. The number of benzene rings is 1. The van der Waals surface area contributed by atoms with Gasteiger partial charge in [0.25, 0.3) is 0 Å². The molecule has 0 aliphatic carbocycles. The molecular formula is C16H19BrN2OS. The molecule has 1 heterocycles. The van der Waals surface area contributed by atoms with E-state index >= 15 is 0 Å². The summed E-state index contributed by atoms with van der Waals surface area (Å²) in [6, 6.07) is 8.17. The second-order valence-electron chi connectivity index (χ2n) is 5.36. The van der Waals surface area contributed by atoms with Gasteiger partial charge in [-0.25, -0.2) is 4.98 Å². The summed E-state index contributed by atoms with van der Waals surface area (Å²) in [4.78, 5) is 16.3. The van der Waals surface area contributed by atoms with Crippen LogP contribution in [0.1, 0.15) is 48.9 Å². The Morgan fingerprint density at radius 1 is 1.29 bits per heavy atom. The second kappa shape index (κ2) is 7.18. The van der Waals surface area contributed by atoms with E-state index in [1.807, 2.05) is 19.1 Å². The standard InChI is InChI=1S/C16H19BrN2OS/c1-10(2)13-6-4-12(5-7-13)8-15(20)19-11(3)16-18-9-14(17)21-16/h4-7,9-11H,8H2,1-3H3,(H,19,20)/t11-/m1/s1. The fraction of sp³-hybridized carbons (Fsp3) is 0.375. The Labute approximate surface area is 137 Å². The summed E-state index contributed by atoms with van der Waals surface area (Å²) in [7, 11) is 0. The molecule has 0 fully saturated rings. The maximum absolute atomic E-state index is 12.1. The van der Waals surface area contributed by atoms with Crippen molar-refractivity contribution >= 4 is 33.2 Å². The van der Waals surface area contributed by atoms with Crippen molar-refractivity contribution in [1.82, 2.24) is 10.3 Å². The normalized spacial score (nSPS) is 12.4. The molecule has 5 heteroatoms. The van der Waals surface area contributed by atoms with E-state index < -0.39 is 0 Å². The third-order valence-electron chi connectivity index (χ3n) is 3.25. The van der Waals surface area contributed by atoms with Crippen LogP contribution in [0.3, 0.4) is 0 Å². The molecule has 1 atom stereocenters. The zero-order valence-corrected chi connectivity index (χ0v) is 14.8. The van der Waals surface area contributed by atoms with Crippen molar-refractivity contribution in [2.75, 3.05) is 0 Å². The van der Waals surface area contributed by atoms with Gasteiger partial charge in [-0.05, 0) is 39.9 Å². The molecular weight excluding hydrogens is 348 g/mol. The van der Waals surface area contributed by atoms with Crippen LogP contribution in [0.2, 0.25) is 0 Å². The van der Waals surface area contributed by atoms with Gasteiger partial charge in [0.15, 0.2) is 0 Å². The van der Waals surface area contributed by atoms with E-state index in [1.54, 1.807) is 17.5 Å². The molecule has 0 saturated heterocycles. The number of halogens is 1. The lowest BCUT2D eigenvalue weighted by molar-refractivity contribution is -0.121. The van der Waals surface area contributed by atoms with Crippen molar-refractivity contribution < 1.29 is 4.79 Å². The molecule has 1 N–H and O–H groups in total. The van der Waals surface area contributed by atoms with Crippen LogP contribution in [0.4, 0.5) is 0 Å². The largest absolute Gasteiger partial charge is 0.347 e. The van der Waals surface area contributed by atoms with Crippen LogP contribution in [0, 0.1) is 0 Å². The molecule has 2 rings (SSSR count). The summed E-state index contributed by atoms with van der Waals surface area (Å²) in [6.07, 6.45) is 2.16. The first kappa shape index (κ1) is 16.2. The maximum Gasteiger partial charge on any atom is 0.224 e. The summed E-state index contributed by atoms with van der Waals surface area (Å²) < 4.78 is 0.975. The fourth-order valence-corrected chi connectivity index (χ4v) is 3.27. The Hall–Kier alpha value is -1.20. The molecule has 0 spiro atoms. The van der Waals surface area contributed by atoms with Crippen LogP contribution < -0.4 is 5.32 Å². The summed E-state index contributed by atoms with van der Waals surface area (Å²) >= 11 is 4.92. The number of rotatable bonds is 5. The molecule has 0 aliphatic rings. The van der Waals surface area contributed by atoms with Gasteiger partial charge >= 0.3 is 0 Å². The van der Waals surface area contributed by atoms with Crippen molar-refractivity contribution in [3.05, 3.63) is 50.4 Å². The van der Waals surface area contributed by atoms with E-state index in [1.165, 1.54) is 5.56 Å². The van der Waals surface area contributed by atoms with Crippen LogP contribution in [-0.4, -0.2) is 10.9 Å². The lowest BCUT2D eigenvalue weighted by Gasteiger charge is -2.12. The molecule has 1 aromatic carbocycles. The van der Waals surface area contributed by atoms with Crippen molar-refractivity contribution in [3.8, 4) is 0 Å². The number of carbonyl (C=O) groups is 1. The first-order valence-corrected chi connectivity index (χ1v) is 8.56. The molecule has 2 aromatic rings. The number of carbonyl (C=O) groups excluding carboxylic acids is 1. The Bertz CT molecular complexity index is 607. The van der Waals surface area contributed by atoms with E-state index in [4.69, 9.17) is 0 Å². The Balaban J connectivity index is 1.92. The van der Waals surface area contributed by atoms with Crippen LogP contribution in [-0.2, 0) is 11.2 Å². The maximum atomic E-state index is 12.1. The number of nitrogens with zero attached hydrogens (tertiary/aromatic N) is 1. The van der Waals surface area contributed by atoms with Crippen LogP contribution in [0.5, 0.6) is 0 Å². The summed E-state index contributed by atoms with van der Waals surface area (Å²) in [5.74, 6) is 0.530. The quantitative estimate of drug-likeness (QED) is 0.849. The third-order valence-corrected chi connectivity index (χ3v) is 4.91. The first-order valence-electron chi connectivity index (χ1n) is 6.95. The van der Waals surface area contributed by atoms with Gasteiger partial charge in [0.2, 0.25) is 5.91 Å². The Kier molecular flexibility index (Phi) is 5.53. The lowest BCUT2D eigenvalue weighted by Crippen LogP contribution is -2.28. The highest BCUT2D eigenvalue weighted by Crippen LogP contribution is 2.24. The Morgan fingerprint density at radius 3 is 2.48 bits per heavy atom. The molecule has 1 aromatic heterocycles. The third kappa shape index (κ3) is 4.64. The average molecular weight is 367 g/mol. The highest BCUT2D eigenvalue weighted by Gasteiger charge is 2.13. The zero-order chi connectivity index (χ0) is 15.4. The molecule has 0 aliphatic heterocycles. The molecule has 0 saturated carbocycles. The van der Waals surface area contributed by atoms with E-state index in [-0.39, 0.29) is 11.9 Å². The first-order chi connectivity index (χ1) is 9.95. The number of thiazole rings is 1. The second-order valence-corrected chi connectivity index (χ2v) is 7.81. The predicted molar refractivity (Wildman–Crippen MR) is 90.6 cm³/mol. The minimum absolute atomic E-state index is 0.0196. The topological polar surface area (TPSA) is 42.0 Å². The zero-order valence-electron chi connectivity index (χ0n) is 12.4. The highest BCUT2D eigenvalue weighted by molar-refractivity contribution is 9.11. The van der Waals surface area contributed by atoms with Gasteiger partial charge in [-0.1, -0.05) is 38.1 Å². The van der Waals surface area contributed by atoms with Crippen molar-refractivity contribution in [3.63, 3.8) is 0 Å². The highest BCUT2D eigenvalue weighted by atomic mass is 79.9. The minimum Gasteiger partial charge on any atom is -0.347 e. The van der Waals surface area contributed by atoms with Gasteiger partial charge in [-0.15, -0.1) is 11.3 Å². The lowest BCUT2D eigenvalue weighted by atomic mass is 10.0. The summed E-state index contributed by atoms with van der Waals surface area (Å²) in [5.41, 5.74) is 2.32. The molecule has 1 amide bonds. The van der Waals surface area contributed by atoms with Crippen LogP contribution >= 0.6 is 27.3 Å². The van der Waals surface area contributed by atoms with E-state index in [2.05, 4.69) is 52.2 Å². The molecule has 0 radical (unpaired) electrons. The Morgan fingerprint density at radius 2 is 1.95 bits per heavy atom. The SMILES string of the molecule is CC(C)c1ccc(CC(=O)N[C@H](C)c2ncc(Br)s2)cc1. The van der Waals surface area contributed by atoms with Gasteiger partial charge in [0.1, 0.15) is 5.01 Å². The molecule has 3 nitrogen and oxygen atoms in total. The van der Waals surface area contributed by atoms with Gasteiger partial charge in [0, 0.05) is 0 Å². The van der Waals surface area contributed by atoms with Gasteiger partial charge < -0.3 is 5.32 Å². The fourth-order valence-electron chi connectivity index (χ4n) is 2.03. The van der Waals surface area contributed by atoms with Gasteiger partial charge in [0.05, 0.1) is 22.4 Å². The predicted octanol–water partition coefficient (Wildman–Crippen LogP) is 4.45. The van der Waals surface area contributed by atoms with Gasteiger partial charge in [-0.2, -0.15) is 0 Å². The average Bonchev–Trinajstić information content (AvgIpc) is 2.86. The summed E-state index contributed by atoms with van der Waals surface area (Å²) in [5, 5.41) is 3.89. The smallest absolute Gasteiger partial charge is 0.224 e. The van der Waals surface area contributed by atoms with Crippen LogP contribution in [0.15, 0.2) is 34.2 Å². The van der Waals surface area contributed by atoms with Crippen molar-refractivity contribution in [1.29, 1.82) is 0 Å². The van der Waals surface area contributed by atoms with E-state index in [0.29, 0.717) is 12.3 Å². The summed E-state index contributed by atoms with van der Waals surface area (Å²) in [6.45, 7) is 6.27. The van der Waals surface area contributed by atoms with Crippen molar-refractivity contribution in [2.24, 2.45) is 0 Å². The number of amides is 1. The van der Waals surface area contributed by atoms with E-state index in [9.17, 15) is 4.79 Å². The number of hydrogen-bond donors (Lipinski definition) is 1. The molecule has 112 valence electrons. The minimum atomic E-state index is -0.0660. The number of aromatic nitrogens is 1. The van der Waals surface area contributed by atoms with Crippen LogP contribution in [0.25, 0.3) is 0 Å². The monoisotopic (exact) mass is 366 g/mol.